The minimum atomic E-state index is -0.161. The quantitative estimate of drug-likeness (QED) is 0.858. The van der Waals surface area contributed by atoms with Crippen molar-refractivity contribution in [1.82, 2.24) is 20.2 Å². The van der Waals surface area contributed by atoms with Gasteiger partial charge in [-0.3, -0.25) is 0 Å². The fourth-order valence-corrected chi connectivity index (χ4v) is 2.65. The van der Waals surface area contributed by atoms with E-state index >= 15 is 0 Å². The molecular weight excluding hydrogens is 278 g/mol. The SMILES string of the molecule is CC1(n2nnnc2-c2cccc(Cl)c2N)CCOCC1. The predicted octanol–water partition coefficient (Wildman–Crippen LogP) is 2.10. The highest BCUT2D eigenvalue weighted by Gasteiger charge is 2.33. The smallest absolute Gasteiger partial charge is 0.184 e. The second-order valence-electron chi connectivity index (χ2n) is 5.22. The number of halogens is 1. The summed E-state index contributed by atoms with van der Waals surface area (Å²) >= 11 is 6.08. The van der Waals surface area contributed by atoms with Gasteiger partial charge in [-0.1, -0.05) is 17.7 Å². The van der Waals surface area contributed by atoms with Crippen LogP contribution in [0.4, 0.5) is 5.69 Å². The summed E-state index contributed by atoms with van der Waals surface area (Å²) in [5.41, 5.74) is 7.15. The largest absolute Gasteiger partial charge is 0.397 e. The molecule has 20 heavy (non-hydrogen) atoms. The van der Waals surface area contributed by atoms with Crippen molar-refractivity contribution < 1.29 is 4.74 Å². The van der Waals surface area contributed by atoms with E-state index in [4.69, 9.17) is 22.1 Å². The number of benzene rings is 1. The topological polar surface area (TPSA) is 78.9 Å². The fraction of sp³-hybridized carbons (Fsp3) is 0.462. The summed E-state index contributed by atoms with van der Waals surface area (Å²) in [6.07, 6.45) is 1.73. The van der Waals surface area contributed by atoms with Crippen molar-refractivity contribution in [3.8, 4) is 11.4 Å². The Labute approximate surface area is 121 Å². The molecule has 7 heteroatoms. The summed E-state index contributed by atoms with van der Waals surface area (Å²) in [5.74, 6) is 0.648. The van der Waals surface area contributed by atoms with Crippen LogP contribution < -0.4 is 5.73 Å². The van der Waals surface area contributed by atoms with E-state index in [1.165, 1.54) is 0 Å². The lowest BCUT2D eigenvalue weighted by Gasteiger charge is -2.33. The summed E-state index contributed by atoms with van der Waals surface area (Å²) < 4.78 is 7.27. The maximum atomic E-state index is 6.08. The maximum Gasteiger partial charge on any atom is 0.184 e. The molecule has 6 nitrogen and oxygen atoms in total. The third kappa shape index (κ3) is 2.14. The third-order valence-electron chi connectivity index (χ3n) is 3.84. The molecule has 2 N–H and O–H groups in total. The van der Waals surface area contributed by atoms with Gasteiger partial charge in [0, 0.05) is 18.8 Å². The van der Waals surface area contributed by atoms with Crippen molar-refractivity contribution >= 4 is 17.3 Å². The molecule has 0 bridgehead atoms. The number of aromatic nitrogens is 4. The van der Waals surface area contributed by atoms with Crippen LogP contribution in [-0.4, -0.2) is 33.4 Å². The summed E-state index contributed by atoms with van der Waals surface area (Å²) in [4.78, 5) is 0. The number of anilines is 1. The zero-order chi connectivity index (χ0) is 14.2. The Bertz CT molecular complexity index is 621. The minimum absolute atomic E-state index is 0.161. The van der Waals surface area contributed by atoms with E-state index in [1.807, 2.05) is 16.8 Å². The Kier molecular flexibility index (Phi) is 3.35. The zero-order valence-corrected chi connectivity index (χ0v) is 12.0. The molecule has 0 saturated carbocycles. The van der Waals surface area contributed by atoms with Gasteiger partial charge in [0.1, 0.15) is 0 Å². The number of rotatable bonds is 2. The van der Waals surface area contributed by atoms with E-state index in [9.17, 15) is 0 Å². The summed E-state index contributed by atoms with van der Waals surface area (Å²) in [6.45, 7) is 3.55. The number of nitrogen functional groups attached to an aromatic ring is 1. The zero-order valence-electron chi connectivity index (χ0n) is 11.2. The monoisotopic (exact) mass is 293 g/mol. The Morgan fingerprint density at radius 3 is 2.85 bits per heavy atom. The van der Waals surface area contributed by atoms with Gasteiger partial charge in [-0.25, -0.2) is 4.68 Å². The molecule has 0 amide bonds. The molecule has 1 aliphatic rings. The lowest BCUT2D eigenvalue weighted by atomic mass is 9.92. The molecular formula is C13H16ClN5O. The van der Waals surface area contributed by atoms with Crippen molar-refractivity contribution in [3.63, 3.8) is 0 Å². The van der Waals surface area contributed by atoms with E-state index < -0.39 is 0 Å². The van der Waals surface area contributed by atoms with Gasteiger partial charge in [-0.15, -0.1) is 5.10 Å². The van der Waals surface area contributed by atoms with Crippen LogP contribution in [0.3, 0.4) is 0 Å². The molecule has 0 unspecified atom stereocenters. The summed E-state index contributed by atoms with van der Waals surface area (Å²) in [5, 5.41) is 12.6. The number of nitrogens with zero attached hydrogens (tertiary/aromatic N) is 4. The molecule has 2 heterocycles. The van der Waals surface area contributed by atoms with Crippen LogP contribution in [-0.2, 0) is 10.3 Å². The normalized spacial score (nSPS) is 18.1. The molecule has 0 spiro atoms. The van der Waals surface area contributed by atoms with Crippen LogP contribution in [0.5, 0.6) is 0 Å². The summed E-state index contributed by atoms with van der Waals surface area (Å²) in [7, 11) is 0. The first-order valence-electron chi connectivity index (χ1n) is 6.53. The van der Waals surface area contributed by atoms with Gasteiger partial charge in [0.15, 0.2) is 5.82 Å². The maximum absolute atomic E-state index is 6.08. The second-order valence-corrected chi connectivity index (χ2v) is 5.63. The number of para-hydroxylation sites is 1. The molecule has 0 aliphatic carbocycles. The van der Waals surface area contributed by atoms with Crippen LogP contribution in [0.15, 0.2) is 18.2 Å². The number of ether oxygens (including phenoxy) is 1. The molecule has 1 saturated heterocycles. The van der Waals surface area contributed by atoms with E-state index in [0.717, 1.165) is 18.4 Å². The van der Waals surface area contributed by atoms with E-state index in [0.29, 0.717) is 29.7 Å². The van der Waals surface area contributed by atoms with Crippen LogP contribution >= 0.6 is 11.6 Å². The molecule has 1 aromatic carbocycles. The van der Waals surface area contributed by atoms with E-state index in [2.05, 4.69) is 22.4 Å². The van der Waals surface area contributed by atoms with Crippen LogP contribution in [0.1, 0.15) is 19.8 Å². The lowest BCUT2D eigenvalue weighted by Crippen LogP contribution is -2.38. The van der Waals surface area contributed by atoms with E-state index in [1.54, 1.807) is 6.07 Å². The molecule has 3 rings (SSSR count). The van der Waals surface area contributed by atoms with Gasteiger partial charge in [-0.2, -0.15) is 0 Å². The molecule has 0 radical (unpaired) electrons. The van der Waals surface area contributed by atoms with Crippen molar-refractivity contribution in [2.75, 3.05) is 18.9 Å². The van der Waals surface area contributed by atoms with Gasteiger partial charge >= 0.3 is 0 Å². The van der Waals surface area contributed by atoms with Gasteiger partial charge in [-0.05, 0) is 42.3 Å². The second kappa shape index (κ2) is 5.03. The van der Waals surface area contributed by atoms with Crippen molar-refractivity contribution in [1.29, 1.82) is 0 Å². The van der Waals surface area contributed by atoms with Crippen molar-refractivity contribution in [2.45, 2.75) is 25.3 Å². The van der Waals surface area contributed by atoms with Crippen LogP contribution in [0, 0.1) is 0 Å². The Balaban J connectivity index is 2.08. The average molecular weight is 294 g/mol. The van der Waals surface area contributed by atoms with Crippen LogP contribution in [0.2, 0.25) is 5.02 Å². The Morgan fingerprint density at radius 2 is 2.10 bits per heavy atom. The molecule has 2 aromatic rings. The fourth-order valence-electron chi connectivity index (χ4n) is 2.47. The van der Waals surface area contributed by atoms with Gasteiger partial charge in [0.2, 0.25) is 0 Å². The first-order chi connectivity index (χ1) is 9.62. The van der Waals surface area contributed by atoms with Crippen LogP contribution in [0.25, 0.3) is 11.4 Å². The summed E-state index contributed by atoms with van der Waals surface area (Å²) in [6, 6.07) is 5.48. The highest BCUT2D eigenvalue weighted by molar-refractivity contribution is 6.33. The Hall–Kier alpha value is -1.66. The standard InChI is InChI=1S/C13H16ClN5O/c1-13(5-7-20-8-6-13)19-12(16-17-18-19)9-3-2-4-10(14)11(9)15/h2-4H,5-8,15H2,1H3. The number of hydrogen-bond acceptors (Lipinski definition) is 5. The minimum Gasteiger partial charge on any atom is -0.397 e. The number of nitrogens with two attached hydrogens (primary N) is 1. The van der Waals surface area contributed by atoms with Gasteiger partial charge < -0.3 is 10.5 Å². The average Bonchev–Trinajstić information content (AvgIpc) is 2.93. The third-order valence-corrected chi connectivity index (χ3v) is 4.17. The first-order valence-corrected chi connectivity index (χ1v) is 6.90. The molecule has 106 valence electrons. The molecule has 1 aliphatic heterocycles. The molecule has 0 atom stereocenters. The van der Waals surface area contributed by atoms with Crippen molar-refractivity contribution in [2.24, 2.45) is 0 Å². The lowest BCUT2D eigenvalue weighted by molar-refractivity contribution is 0.0240. The number of hydrogen-bond donors (Lipinski definition) is 1. The van der Waals surface area contributed by atoms with Gasteiger partial charge in [0.25, 0.3) is 0 Å². The van der Waals surface area contributed by atoms with Crippen molar-refractivity contribution in [3.05, 3.63) is 23.2 Å². The number of tetrazole rings is 1. The highest BCUT2D eigenvalue weighted by Crippen LogP contribution is 2.35. The highest BCUT2D eigenvalue weighted by atomic mass is 35.5. The first kappa shape index (κ1) is 13.3. The van der Waals surface area contributed by atoms with E-state index in [-0.39, 0.29) is 5.54 Å². The molecule has 1 aromatic heterocycles. The predicted molar refractivity (Wildman–Crippen MR) is 76.4 cm³/mol. The van der Waals surface area contributed by atoms with Gasteiger partial charge in [0.05, 0.1) is 16.2 Å². The Morgan fingerprint density at radius 1 is 1.35 bits per heavy atom. The molecule has 1 fully saturated rings.